The maximum atomic E-state index is 10.6. The van der Waals surface area contributed by atoms with E-state index in [1.807, 2.05) is 64.3 Å². The molecule has 29 heavy (non-hydrogen) atoms. The van der Waals surface area contributed by atoms with Crippen molar-refractivity contribution in [2.24, 2.45) is 0 Å². The van der Waals surface area contributed by atoms with E-state index in [1.165, 1.54) is 36.9 Å². The van der Waals surface area contributed by atoms with E-state index >= 15 is 0 Å². The molecular formula is C23H36N4OS. The third-order valence-corrected chi connectivity index (χ3v) is 4.82. The molecular weight excluding hydrogens is 380 g/mol. The fraction of sp³-hybridized carbons (Fsp3) is 0.435. The van der Waals surface area contributed by atoms with Crippen LogP contribution in [-0.4, -0.2) is 43.7 Å². The Hall–Kier alpha value is -2.47. The minimum atomic E-state index is 0.724. The molecule has 2 aromatic rings. The number of allylic oxidation sites excluding steroid dienone is 2. The highest BCUT2D eigenvalue weighted by molar-refractivity contribution is 7.20. The van der Waals surface area contributed by atoms with Crippen molar-refractivity contribution < 1.29 is 4.79 Å². The molecule has 5 nitrogen and oxygen atoms in total. The fourth-order valence-electron chi connectivity index (χ4n) is 2.40. The molecule has 0 aliphatic carbocycles. The number of aromatic nitrogens is 1. The lowest BCUT2D eigenvalue weighted by molar-refractivity contribution is 0.112. The van der Waals surface area contributed by atoms with Crippen molar-refractivity contribution in [1.29, 1.82) is 5.41 Å². The first kappa shape index (κ1) is 26.5. The van der Waals surface area contributed by atoms with Crippen LogP contribution < -0.4 is 4.90 Å². The first-order chi connectivity index (χ1) is 14.0. The maximum Gasteiger partial charge on any atom is 0.160 e. The number of rotatable bonds is 10. The third-order valence-electron chi connectivity index (χ3n) is 3.85. The van der Waals surface area contributed by atoms with Gasteiger partial charge in [-0.2, -0.15) is 0 Å². The van der Waals surface area contributed by atoms with Crippen molar-refractivity contribution in [3.05, 3.63) is 48.1 Å². The molecule has 0 saturated heterocycles. The minimum Gasteiger partial charge on any atom is -0.377 e. The number of nitrogens with zero attached hydrogens (tertiary/aromatic N) is 3. The van der Waals surface area contributed by atoms with E-state index in [9.17, 15) is 4.79 Å². The number of thiophene rings is 1. The van der Waals surface area contributed by atoms with E-state index in [2.05, 4.69) is 17.6 Å². The lowest BCUT2D eigenvalue weighted by atomic mass is 10.1. The largest absolute Gasteiger partial charge is 0.377 e. The third kappa shape index (κ3) is 10.6. The van der Waals surface area contributed by atoms with Gasteiger partial charge in [-0.05, 0) is 37.8 Å². The van der Waals surface area contributed by atoms with E-state index in [1.54, 1.807) is 11.1 Å². The molecule has 0 unspecified atom stereocenters. The van der Waals surface area contributed by atoms with Crippen LogP contribution in [0.5, 0.6) is 0 Å². The number of anilines is 1. The van der Waals surface area contributed by atoms with Gasteiger partial charge in [-0.1, -0.05) is 32.4 Å². The Balaban J connectivity index is 0.000000500. The van der Waals surface area contributed by atoms with Gasteiger partial charge in [-0.15, -0.1) is 17.9 Å². The van der Waals surface area contributed by atoms with Gasteiger partial charge >= 0.3 is 0 Å². The lowest BCUT2D eigenvalue weighted by Gasteiger charge is -2.12. The van der Waals surface area contributed by atoms with Gasteiger partial charge in [-0.3, -0.25) is 10.2 Å². The molecule has 0 radical (unpaired) electrons. The van der Waals surface area contributed by atoms with Gasteiger partial charge in [-0.25, -0.2) is 4.98 Å². The molecule has 0 aliphatic rings. The Bertz CT molecular complexity index is 752. The Labute approximate surface area is 180 Å². The van der Waals surface area contributed by atoms with E-state index in [4.69, 9.17) is 5.41 Å². The molecule has 160 valence electrons. The molecule has 2 heterocycles. The molecule has 2 rings (SSSR count). The first-order valence-electron chi connectivity index (χ1n) is 10.0. The summed E-state index contributed by atoms with van der Waals surface area (Å²) in [5, 5.41) is 7.96. The predicted octanol–water partition coefficient (Wildman–Crippen LogP) is 6.38. The number of fused-ring (bicyclic) bond motifs is 1. The molecule has 0 spiro atoms. The summed E-state index contributed by atoms with van der Waals surface area (Å²) in [5.41, 5.74) is 1.10. The zero-order valence-corrected chi connectivity index (χ0v) is 19.3. The van der Waals surface area contributed by atoms with Crippen LogP contribution in [0, 0.1) is 5.41 Å². The Morgan fingerprint density at radius 1 is 1.17 bits per heavy atom. The summed E-state index contributed by atoms with van der Waals surface area (Å²) in [6, 6.07) is 3.83. The van der Waals surface area contributed by atoms with Crippen LogP contribution in [0.15, 0.2) is 43.3 Å². The number of nitrogens with one attached hydrogen (secondary N) is 1. The number of aldehydes is 1. The van der Waals surface area contributed by atoms with Gasteiger partial charge in [0.05, 0.1) is 11.2 Å². The number of hydrogen-bond donors (Lipinski definition) is 1. The number of carbonyl (C=O) groups is 1. The monoisotopic (exact) mass is 416 g/mol. The minimum absolute atomic E-state index is 0.724. The zero-order valence-electron chi connectivity index (χ0n) is 18.5. The summed E-state index contributed by atoms with van der Waals surface area (Å²) < 4.78 is 0. The van der Waals surface area contributed by atoms with Gasteiger partial charge < -0.3 is 9.80 Å². The molecule has 1 N–H and O–H groups in total. The van der Waals surface area contributed by atoms with Crippen molar-refractivity contribution in [2.75, 3.05) is 26.0 Å². The van der Waals surface area contributed by atoms with Crippen LogP contribution in [0.25, 0.3) is 10.2 Å². The number of pyridine rings is 1. The highest BCUT2D eigenvalue weighted by atomic mass is 32.1. The molecule has 6 heteroatoms. The van der Waals surface area contributed by atoms with E-state index < -0.39 is 0 Å². The predicted molar refractivity (Wildman–Crippen MR) is 130 cm³/mol. The topological polar surface area (TPSA) is 60.3 Å². The quantitative estimate of drug-likeness (QED) is 0.161. The van der Waals surface area contributed by atoms with Gasteiger partial charge in [0, 0.05) is 44.6 Å². The summed E-state index contributed by atoms with van der Waals surface area (Å²) in [6.07, 6.45) is 15.9. The van der Waals surface area contributed by atoms with Crippen molar-refractivity contribution in [3.8, 4) is 0 Å². The second-order valence-electron chi connectivity index (χ2n) is 6.32. The maximum absolute atomic E-state index is 10.6. The molecule has 0 aromatic carbocycles. The summed E-state index contributed by atoms with van der Waals surface area (Å²) in [5.74, 6) is 0. The summed E-state index contributed by atoms with van der Waals surface area (Å²) in [4.78, 5) is 20.3. The second-order valence-corrected chi connectivity index (χ2v) is 7.38. The van der Waals surface area contributed by atoms with Crippen molar-refractivity contribution >= 4 is 39.9 Å². The van der Waals surface area contributed by atoms with Crippen molar-refractivity contribution in [2.45, 2.75) is 46.0 Å². The van der Waals surface area contributed by atoms with E-state index in [0.717, 1.165) is 39.9 Å². The van der Waals surface area contributed by atoms with Crippen molar-refractivity contribution in [1.82, 2.24) is 9.88 Å². The molecule has 0 amide bonds. The second kappa shape index (κ2) is 16.5. The van der Waals surface area contributed by atoms with Gasteiger partial charge in [0.15, 0.2) is 6.29 Å². The highest BCUT2D eigenvalue weighted by Gasteiger charge is 2.07. The smallest absolute Gasteiger partial charge is 0.160 e. The Morgan fingerprint density at radius 2 is 1.86 bits per heavy atom. The Morgan fingerprint density at radius 3 is 2.45 bits per heavy atom. The van der Waals surface area contributed by atoms with Crippen LogP contribution in [0.2, 0.25) is 0 Å². The van der Waals surface area contributed by atoms with E-state index in [-0.39, 0.29) is 0 Å². The number of carbonyl (C=O) groups excluding carboxylic acids is 1. The highest BCUT2D eigenvalue weighted by Crippen LogP contribution is 2.29. The SMILES string of the molecule is C=CCCCCC/C=C/N(C)C=N.CC.CN(C)c1ccnc2sc(C=O)cc12. The van der Waals surface area contributed by atoms with Gasteiger partial charge in [0.2, 0.25) is 0 Å². The van der Waals surface area contributed by atoms with Crippen LogP contribution in [0.4, 0.5) is 5.69 Å². The molecule has 0 atom stereocenters. The van der Waals surface area contributed by atoms with E-state index in [0.29, 0.717) is 0 Å². The van der Waals surface area contributed by atoms with Gasteiger partial charge in [0.1, 0.15) is 4.83 Å². The molecule has 0 fully saturated rings. The fourth-order valence-corrected chi connectivity index (χ4v) is 3.24. The normalized spacial score (nSPS) is 9.83. The molecule has 0 bridgehead atoms. The van der Waals surface area contributed by atoms with Crippen LogP contribution in [-0.2, 0) is 0 Å². The Kier molecular flexibility index (Phi) is 15.1. The molecule has 0 saturated carbocycles. The zero-order chi connectivity index (χ0) is 22.1. The first-order valence-corrected chi connectivity index (χ1v) is 10.9. The molecule has 2 aromatic heterocycles. The number of hydrogen-bond acceptors (Lipinski definition) is 5. The van der Waals surface area contributed by atoms with Crippen LogP contribution >= 0.6 is 11.3 Å². The summed E-state index contributed by atoms with van der Waals surface area (Å²) in [6.45, 7) is 7.68. The van der Waals surface area contributed by atoms with Crippen molar-refractivity contribution in [3.63, 3.8) is 0 Å². The van der Waals surface area contributed by atoms with Crippen LogP contribution in [0.3, 0.4) is 0 Å². The summed E-state index contributed by atoms with van der Waals surface area (Å²) >= 11 is 1.42. The summed E-state index contributed by atoms with van der Waals surface area (Å²) in [7, 11) is 5.82. The lowest BCUT2D eigenvalue weighted by Crippen LogP contribution is -2.08. The number of unbranched alkanes of at least 4 members (excludes halogenated alkanes) is 4. The average molecular weight is 417 g/mol. The van der Waals surface area contributed by atoms with Gasteiger partial charge in [0.25, 0.3) is 0 Å². The average Bonchev–Trinajstić information content (AvgIpc) is 3.18. The molecule has 0 aliphatic heterocycles. The van der Waals surface area contributed by atoms with Crippen LogP contribution in [0.1, 0.15) is 55.6 Å². The standard InChI is InChI=1S/C11H20N2.C10H10N2OS.C2H6/c1-3-4-5-6-7-8-9-10-13(2)11-12;1-12(2)9-3-4-11-10-8(9)5-7(6-13)14-10;1-2/h3,9-12H,1,4-8H2,2H3;3-6H,1-2H3;1-2H3/b10-9+,12-11?;;.